The number of hydrogen-bond acceptors (Lipinski definition) is 4. The minimum Gasteiger partial charge on any atom is -0.489 e. The molecule has 0 N–H and O–H groups in total. The first-order chi connectivity index (χ1) is 13.2. The Kier molecular flexibility index (Phi) is 4.72. The van der Waals surface area contributed by atoms with E-state index in [1.807, 2.05) is 49.4 Å². The van der Waals surface area contributed by atoms with Crippen LogP contribution in [-0.2, 0) is 26.6 Å². The smallest absolute Gasteiger partial charge is 0.292 e. The van der Waals surface area contributed by atoms with E-state index in [1.165, 1.54) is 0 Å². The zero-order valence-corrected chi connectivity index (χ0v) is 15.4. The first-order valence-corrected chi connectivity index (χ1v) is 9.19. The van der Waals surface area contributed by atoms with Crippen molar-refractivity contribution in [3.05, 3.63) is 71.8 Å². The number of hydrogen-bond donors (Lipinski definition) is 0. The van der Waals surface area contributed by atoms with Gasteiger partial charge in [0.25, 0.3) is 11.7 Å². The van der Waals surface area contributed by atoms with Crippen LogP contribution in [0.15, 0.2) is 55.1 Å². The molecule has 2 aromatic carbocycles. The highest BCUT2D eigenvalue weighted by atomic mass is 16.7. The number of para-hydroxylation sites is 2. The van der Waals surface area contributed by atoms with Crippen LogP contribution in [0.1, 0.15) is 23.1 Å². The highest BCUT2D eigenvalue weighted by molar-refractivity contribution is 6.06. The Labute approximate surface area is 159 Å². The van der Waals surface area contributed by atoms with Crippen molar-refractivity contribution in [3.8, 4) is 5.75 Å². The first-order valence-electron chi connectivity index (χ1n) is 9.19. The van der Waals surface area contributed by atoms with Crippen molar-refractivity contribution in [2.45, 2.75) is 25.7 Å². The molecule has 2 heterocycles. The van der Waals surface area contributed by atoms with Crippen LogP contribution < -0.4 is 9.64 Å². The lowest BCUT2D eigenvalue weighted by Gasteiger charge is -2.32. The maximum atomic E-state index is 13.4. The zero-order valence-electron chi connectivity index (χ0n) is 15.4. The molecule has 0 aliphatic carbocycles. The van der Waals surface area contributed by atoms with Crippen molar-refractivity contribution in [1.29, 1.82) is 0 Å². The van der Waals surface area contributed by atoms with Gasteiger partial charge in [-0.2, -0.15) is 0 Å². The van der Waals surface area contributed by atoms with E-state index in [9.17, 15) is 4.79 Å². The Bertz CT molecular complexity index is 870. The fourth-order valence-corrected chi connectivity index (χ4v) is 3.73. The average molecular weight is 365 g/mol. The first kappa shape index (κ1) is 17.8. The Balaban J connectivity index is 1.74. The minimum atomic E-state index is -1.32. The maximum Gasteiger partial charge on any atom is 0.292 e. The fraction of sp³-hybridized carbons (Fsp3) is 0.318. The number of benzene rings is 2. The number of nitrogens with zero attached hydrogens (tertiary/aromatic N) is 1. The maximum absolute atomic E-state index is 13.4. The lowest BCUT2D eigenvalue weighted by atomic mass is 10.0. The van der Waals surface area contributed by atoms with Gasteiger partial charge in [0, 0.05) is 11.1 Å². The third-order valence-electron chi connectivity index (χ3n) is 4.95. The normalized spacial score (nSPS) is 17.8. The van der Waals surface area contributed by atoms with Gasteiger partial charge in [-0.15, -0.1) is 0 Å². The molecule has 0 saturated carbocycles. The molecule has 2 aliphatic rings. The van der Waals surface area contributed by atoms with Gasteiger partial charge in [0.15, 0.2) is 0 Å². The average Bonchev–Trinajstić information content (AvgIpc) is 2.92. The van der Waals surface area contributed by atoms with Gasteiger partial charge >= 0.3 is 0 Å². The molecule has 4 rings (SSSR count). The molecule has 5 nitrogen and oxygen atoms in total. The van der Waals surface area contributed by atoms with Crippen LogP contribution in [0.3, 0.4) is 0 Å². The van der Waals surface area contributed by atoms with Gasteiger partial charge in [-0.1, -0.05) is 49.1 Å². The molecule has 5 heteroatoms. The summed E-state index contributed by atoms with van der Waals surface area (Å²) in [6.07, 6.45) is 2.49. The predicted molar refractivity (Wildman–Crippen MR) is 103 cm³/mol. The van der Waals surface area contributed by atoms with Gasteiger partial charge < -0.3 is 19.1 Å². The number of rotatable bonds is 5. The van der Waals surface area contributed by atoms with E-state index >= 15 is 0 Å². The summed E-state index contributed by atoms with van der Waals surface area (Å²) in [7, 11) is 0. The highest BCUT2D eigenvalue weighted by Crippen LogP contribution is 2.47. The number of anilines is 1. The Morgan fingerprint density at radius 2 is 1.96 bits per heavy atom. The minimum absolute atomic E-state index is 0.176. The van der Waals surface area contributed by atoms with E-state index in [1.54, 1.807) is 11.0 Å². The van der Waals surface area contributed by atoms with E-state index in [-0.39, 0.29) is 5.91 Å². The van der Waals surface area contributed by atoms with Crippen LogP contribution in [0.4, 0.5) is 5.69 Å². The van der Waals surface area contributed by atoms with E-state index in [0.29, 0.717) is 26.4 Å². The number of carbonyl (C=O) groups is 1. The lowest BCUT2D eigenvalue weighted by Crippen LogP contribution is -2.47. The molecule has 1 fully saturated rings. The molecule has 140 valence electrons. The van der Waals surface area contributed by atoms with Gasteiger partial charge in [0.1, 0.15) is 12.4 Å². The topological polar surface area (TPSA) is 48.0 Å². The molecule has 1 saturated heterocycles. The van der Waals surface area contributed by atoms with E-state index in [2.05, 4.69) is 6.58 Å². The van der Waals surface area contributed by atoms with Gasteiger partial charge in [-0.3, -0.25) is 4.79 Å². The SMILES string of the molecule is C=CCOc1ccccc1CN1C(=O)C2(OCCCO2)c2cccc(C)c21. The number of aryl methyl sites for hydroxylation is 1. The second kappa shape index (κ2) is 7.18. The van der Waals surface area contributed by atoms with E-state index in [0.717, 1.165) is 34.5 Å². The molecular weight excluding hydrogens is 342 g/mol. The molecule has 27 heavy (non-hydrogen) atoms. The summed E-state index contributed by atoms with van der Waals surface area (Å²) in [5.41, 5.74) is 3.59. The van der Waals surface area contributed by atoms with E-state index < -0.39 is 5.79 Å². The summed E-state index contributed by atoms with van der Waals surface area (Å²) < 4.78 is 17.6. The molecule has 2 aromatic rings. The van der Waals surface area contributed by atoms with Crippen LogP contribution in [0.5, 0.6) is 5.75 Å². The third-order valence-corrected chi connectivity index (χ3v) is 4.95. The third kappa shape index (κ3) is 2.93. The molecular formula is C22H23NO4. The van der Waals surface area contributed by atoms with Crippen molar-refractivity contribution >= 4 is 11.6 Å². The molecule has 0 atom stereocenters. The second-order valence-electron chi connectivity index (χ2n) is 6.74. The number of carbonyl (C=O) groups excluding carboxylic acids is 1. The molecule has 0 unspecified atom stereocenters. The Morgan fingerprint density at radius 3 is 2.74 bits per heavy atom. The predicted octanol–water partition coefficient (Wildman–Crippen LogP) is 3.70. The summed E-state index contributed by atoms with van der Waals surface area (Å²) in [4.78, 5) is 15.2. The quantitative estimate of drug-likeness (QED) is 0.758. The van der Waals surface area contributed by atoms with E-state index in [4.69, 9.17) is 14.2 Å². The summed E-state index contributed by atoms with van der Waals surface area (Å²) in [6.45, 7) is 7.51. The summed E-state index contributed by atoms with van der Waals surface area (Å²) in [6, 6.07) is 13.6. The van der Waals surface area contributed by atoms with Crippen molar-refractivity contribution in [2.24, 2.45) is 0 Å². The monoisotopic (exact) mass is 365 g/mol. The molecule has 0 aromatic heterocycles. The number of fused-ring (bicyclic) bond motifs is 2. The molecule has 1 spiro atoms. The van der Waals surface area contributed by atoms with Gasteiger partial charge in [0.05, 0.1) is 25.4 Å². The summed E-state index contributed by atoms with van der Waals surface area (Å²) >= 11 is 0. The summed E-state index contributed by atoms with van der Waals surface area (Å²) in [5.74, 6) is -0.756. The van der Waals surface area contributed by atoms with Crippen LogP contribution in [-0.4, -0.2) is 25.7 Å². The molecule has 0 bridgehead atoms. The van der Waals surface area contributed by atoms with Crippen LogP contribution in [0.25, 0.3) is 0 Å². The van der Waals surface area contributed by atoms with Crippen molar-refractivity contribution in [2.75, 3.05) is 24.7 Å². The number of amides is 1. The van der Waals surface area contributed by atoms with Crippen molar-refractivity contribution < 1.29 is 19.0 Å². The van der Waals surface area contributed by atoms with Crippen molar-refractivity contribution in [1.82, 2.24) is 0 Å². The standard InChI is InChI=1S/C22H23NO4/c1-3-12-25-19-11-5-4-9-17(19)15-23-20-16(2)8-6-10-18(20)22(21(23)24)26-13-7-14-27-22/h3-6,8-11H,1,7,12-15H2,2H3. The zero-order chi connectivity index (χ0) is 18.9. The molecule has 2 aliphatic heterocycles. The van der Waals surface area contributed by atoms with Gasteiger partial charge in [-0.25, -0.2) is 0 Å². The summed E-state index contributed by atoms with van der Waals surface area (Å²) in [5, 5.41) is 0. The Hall–Kier alpha value is -2.63. The van der Waals surface area contributed by atoms with Crippen LogP contribution in [0.2, 0.25) is 0 Å². The largest absolute Gasteiger partial charge is 0.489 e. The fourth-order valence-electron chi connectivity index (χ4n) is 3.73. The van der Waals surface area contributed by atoms with Gasteiger partial charge in [0.2, 0.25) is 0 Å². The van der Waals surface area contributed by atoms with Crippen molar-refractivity contribution in [3.63, 3.8) is 0 Å². The second-order valence-corrected chi connectivity index (χ2v) is 6.74. The molecule has 0 radical (unpaired) electrons. The van der Waals surface area contributed by atoms with Gasteiger partial charge in [-0.05, 0) is 25.0 Å². The highest BCUT2D eigenvalue weighted by Gasteiger charge is 2.55. The lowest BCUT2D eigenvalue weighted by molar-refractivity contribution is -0.256. The molecule has 1 amide bonds. The number of ether oxygens (including phenoxy) is 3. The Morgan fingerprint density at radius 1 is 1.19 bits per heavy atom. The van der Waals surface area contributed by atoms with Crippen LogP contribution in [0, 0.1) is 6.92 Å². The van der Waals surface area contributed by atoms with Crippen LogP contribution >= 0.6 is 0 Å².